The molecule has 1 atom stereocenters. The molecule has 5 heteroatoms. The van der Waals surface area contributed by atoms with Gasteiger partial charge in [0.1, 0.15) is 11.5 Å². The van der Waals surface area contributed by atoms with Crippen LogP contribution in [0.1, 0.15) is 32.1 Å². The van der Waals surface area contributed by atoms with Gasteiger partial charge in [-0.3, -0.25) is 9.69 Å². The number of aromatic nitrogens is 1. The topological polar surface area (TPSA) is 58.4 Å². The molecule has 0 fully saturated rings. The Morgan fingerprint density at radius 2 is 1.93 bits per heavy atom. The van der Waals surface area contributed by atoms with Crippen LogP contribution < -0.4 is 5.32 Å². The molecule has 0 saturated carbocycles. The fraction of sp³-hybridized carbons (Fsp3) is 0.364. The van der Waals surface area contributed by atoms with E-state index in [9.17, 15) is 4.79 Å². The Labute approximate surface area is 159 Å². The van der Waals surface area contributed by atoms with Crippen molar-refractivity contribution in [2.24, 2.45) is 0 Å². The van der Waals surface area contributed by atoms with Gasteiger partial charge >= 0.3 is 0 Å². The van der Waals surface area contributed by atoms with Crippen molar-refractivity contribution < 1.29 is 9.32 Å². The summed E-state index contributed by atoms with van der Waals surface area (Å²) in [6.07, 6.45) is 0.770. The lowest BCUT2D eigenvalue weighted by atomic mass is 9.96. The number of carbonyl (C=O) groups is 1. The average Bonchev–Trinajstić information content (AvgIpc) is 3.09. The van der Waals surface area contributed by atoms with Crippen LogP contribution in [0.15, 0.2) is 47.0 Å². The number of fused-ring (bicyclic) bond motifs is 2. The van der Waals surface area contributed by atoms with Gasteiger partial charge in [-0.15, -0.1) is 0 Å². The minimum Gasteiger partial charge on any atom is -0.360 e. The second-order valence-corrected chi connectivity index (χ2v) is 7.52. The van der Waals surface area contributed by atoms with E-state index < -0.39 is 0 Å². The third-order valence-electron chi connectivity index (χ3n) is 5.26. The van der Waals surface area contributed by atoms with Gasteiger partial charge in [0.15, 0.2) is 0 Å². The van der Waals surface area contributed by atoms with E-state index in [1.807, 2.05) is 32.9 Å². The molecule has 0 spiro atoms. The van der Waals surface area contributed by atoms with Gasteiger partial charge in [0.2, 0.25) is 5.91 Å². The molecule has 0 saturated heterocycles. The Kier molecular flexibility index (Phi) is 4.70. The molecule has 2 aromatic carbocycles. The Hall–Kier alpha value is -2.66. The van der Waals surface area contributed by atoms with Crippen molar-refractivity contribution >= 4 is 16.7 Å². The van der Waals surface area contributed by atoms with E-state index in [1.54, 1.807) is 0 Å². The van der Waals surface area contributed by atoms with E-state index in [0.717, 1.165) is 35.5 Å². The molecule has 0 aliphatic carbocycles. The van der Waals surface area contributed by atoms with Crippen LogP contribution >= 0.6 is 0 Å². The van der Waals surface area contributed by atoms with Crippen LogP contribution in [-0.2, 0) is 17.8 Å². The molecule has 1 amide bonds. The summed E-state index contributed by atoms with van der Waals surface area (Å²) < 4.78 is 5.67. The highest BCUT2D eigenvalue weighted by Gasteiger charge is 2.30. The maximum Gasteiger partial charge on any atom is 0.237 e. The fourth-order valence-corrected chi connectivity index (χ4v) is 3.78. The number of amides is 1. The molecule has 2 heterocycles. The zero-order valence-corrected chi connectivity index (χ0v) is 16.0. The van der Waals surface area contributed by atoms with Crippen molar-refractivity contribution in [3.63, 3.8) is 0 Å². The number of rotatable bonds is 4. The van der Waals surface area contributed by atoms with Crippen molar-refractivity contribution in [2.75, 3.05) is 6.54 Å². The van der Waals surface area contributed by atoms with Crippen molar-refractivity contribution in [3.05, 3.63) is 53.8 Å². The first-order valence-electron chi connectivity index (χ1n) is 9.54. The quantitative estimate of drug-likeness (QED) is 0.767. The highest BCUT2D eigenvalue weighted by atomic mass is 16.5. The highest BCUT2D eigenvalue weighted by Crippen LogP contribution is 2.34. The largest absolute Gasteiger partial charge is 0.360 e. The van der Waals surface area contributed by atoms with Crippen LogP contribution in [0.5, 0.6) is 0 Å². The molecule has 3 aromatic rings. The summed E-state index contributed by atoms with van der Waals surface area (Å²) in [4.78, 5) is 14.6. The Morgan fingerprint density at radius 3 is 2.74 bits per heavy atom. The number of hydrogen-bond acceptors (Lipinski definition) is 4. The Bertz CT molecular complexity index is 971. The SMILES string of the molecule is CC(C)NC(=O)[C@H](C)N1CCc2onc(-c3cccc4ccccc34)c2C1. The number of nitrogens with one attached hydrogen (secondary N) is 1. The Morgan fingerprint density at radius 1 is 1.15 bits per heavy atom. The minimum absolute atomic E-state index is 0.0663. The maximum absolute atomic E-state index is 12.4. The summed E-state index contributed by atoms with van der Waals surface area (Å²) >= 11 is 0. The van der Waals surface area contributed by atoms with Crippen molar-refractivity contribution in [2.45, 2.75) is 45.8 Å². The summed E-state index contributed by atoms with van der Waals surface area (Å²) in [5, 5.41) is 9.76. The van der Waals surface area contributed by atoms with Gasteiger partial charge in [-0.1, -0.05) is 47.6 Å². The van der Waals surface area contributed by atoms with E-state index >= 15 is 0 Å². The minimum atomic E-state index is -0.184. The number of carbonyl (C=O) groups excluding carboxylic acids is 1. The predicted octanol–water partition coefficient (Wildman–Crippen LogP) is 3.77. The standard InChI is InChI=1S/C22H25N3O2/c1-14(2)23-22(26)15(3)25-12-11-20-19(13-25)21(24-27-20)18-10-6-8-16-7-4-5-9-17(16)18/h4-10,14-15H,11-13H2,1-3H3,(H,23,26)/t15-/m0/s1. The molecule has 1 aromatic heterocycles. The van der Waals surface area contributed by atoms with Crippen molar-refractivity contribution in [3.8, 4) is 11.3 Å². The van der Waals surface area contributed by atoms with Crippen molar-refractivity contribution in [1.29, 1.82) is 0 Å². The molecule has 140 valence electrons. The monoisotopic (exact) mass is 363 g/mol. The van der Waals surface area contributed by atoms with Gasteiger partial charge in [0.05, 0.1) is 6.04 Å². The molecule has 27 heavy (non-hydrogen) atoms. The van der Waals surface area contributed by atoms with E-state index in [0.29, 0.717) is 6.54 Å². The molecule has 0 unspecified atom stereocenters. The third-order valence-corrected chi connectivity index (χ3v) is 5.26. The summed E-state index contributed by atoms with van der Waals surface area (Å²) in [7, 11) is 0. The smallest absolute Gasteiger partial charge is 0.237 e. The van der Waals surface area contributed by atoms with Crippen LogP contribution in [0, 0.1) is 0 Å². The van der Waals surface area contributed by atoms with Crippen LogP contribution in [0.2, 0.25) is 0 Å². The summed E-state index contributed by atoms with van der Waals surface area (Å²) in [6, 6.07) is 14.5. The van der Waals surface area contributed by atoms with E-state index in [4.69, 9.17) is 4.52 Å². The first kappa shape index (κ1) is 17.7. The third kappa shape index (κ3) is 3.35. The zero-order chi connectivity index (χ0) is 19.0. The molecule has 0 bridgehead atoms. The van der Waals surface area contributed by atoms with E-state index in [1.165, 1.54) is 10.8 Å². The summed E-state index contributed by atoms with van der Waals surface area (Å²) in [5.41, 5.74) is 3.07. The fourth-order valence-electron chi connectivity index (χ4n) is 3.78. The van der Waals surface area contributed by atoms with Crippen LogP contribution in [-0.4, -0.2) is 34.6 Å². The second kappa shape index (κ2) is 7.16. The first-order chi connectivity index (χ1) is 13.0. The predicted molar refractivity (Wildman–Crippen MR) is 106 cm³/mol. The van der Waals surface area contributed by atoms with Crippen LogP contribution in [0.25, 0.3) is 22.0 Å². The van der Waals surface area contributed by atoms with Crippen molar-refractivity contribution in [1.82, 2.24) is 15.4 Å². The van der Waals surface area contributed by atoms with Gasteiger partial charge in [-0.05, 0) is 31.5 Å². The van der Waals surface area contributed by atoms with E-state index in [-0.39, 0.29) is 18.0 Å². The maximum atomic E-state index is 12.4. The van der Waals surface area contributed by atoms with Gasteiger partial charge in [-0.25, -0.2) is 0 Å². The average molecular weight is 363 g/mol. The zero-order valence-electron chi connectivity index (χ0n) is 16.0. The van der Waals surface area contributed by atoms with Crippen LogP contribution in [0.3, 0.4) is 0 Å². The highest BCUT2D eigenvalue weighted by molar-refractivity contribution is 5.96. The van der Waals surface area contributed by atoms with Gasteiger partial charge < -0.3 is 9.84 Å². The molecule has 1 aliphatic rings. The normalized spacial score (nSPS) is 15.7. The summed E-state index contributed by atoms with van der Waals surface area (Å²) in [6.45, 7) is 7.40. The first-order valence-corrected chi connectivity index (χ1v) is 9.54. The number of benzene rings is 2. The Balaban J connectivity index is 1.67. The van der Waals surface area contributed by atoms with Gasteiger partial charge in [0, 0.05) is 36.7 Å². The van der Waals surface area contributed by atoms with Gasteiger partial charge in [-0.2, -0.15) is 0 Å². The van der Waals surface area contributed by atoms with Gasteiger partial charge in [0.25, 0.3) is 0 Å². The number of hydrogen-bond donors (Lipinski definition) is 1. The lowest BCUT2D eigenvalue weighted by Crippen LogP contribution is -2.48. The number of nitrogens with zero attached hydrogens (tertiary/aromatic N) is 2. The molecule has 4 rings (SSSR count). The molecule has 5 nitrogen and oxygen atoms in total. The lowest BCUT2D eigenvalue weighted by molar-refractivity contribution is -0.126. The molecule has 1 aliphatic heterocycles. The second-order valence-electron chi connectivity index (χ2n) is 7.52. The molecular formula is C22H25N3O2. The lowest BCUT2D eigenvalue weighted by Gasteiger charge is -2.31. The molecular weight excluding hydrogens is 338 g/mol. The van der Waals surface area contributed by atoms with E-state index in [2.05, 4.69) is 45.7 Å². The molecule has 1 N–H and O–H groups in total. The molecule has 0 radical (unpaired) electrons. The summed E-state index contributed by atoms with van der Waals surface area (Å²) in [5.74, 6) is 1.00. The van der Waals surface area contributed by atoms with Crippen LogP contribution in [0.4, 0.5) is 0 Å².